The summed E-state index contributed by atoms with van der Waals surface area (Å²) in [6.07, 6.45) is 1.16. The SMILES string of the molecule is C=CC(=O)NCc1cc2c(cc1O)ONO2. The molecule has 84 valence electrons. The lowest BCUT2D eigenvalue weighted by Gasteiger charge is -2.05. The molecule has 1 aromatic carbocycles. The Labute approximate surface area is 91.4 Å². The molecule has 1 amide bonds. The number of hydrogen-bond acceptors (Lipinski definition) is 5. The molecule has 1 aromatic rings. The molecule has 0 aliphatic carbocycles. The largest absolute Gasteiger partial charge is 0.507 e. The van der Waals surface area contributed by atoms with E-state index in [0.717, 1.165) is 6.08 Å². The maximum Gasteiger partial charge on any atom is 0.243 e. The van der Waals surface area contributed by atoms with Gasteiger partial charge >= 0.3 is 0 Å². The second-order valence-electron chi connectivity index (χ2n) is 3.14. The zero-order valence-corrected chi connectivity index (χ0v) is 8.32. The Bertz CT molecular complexity index is 445. The molecule has 0 saturated carbocycles. The second-order valence-corrected chi connectivity index (χ2v) is 3.14. The van der Waals surface area contributed by atoms with Crippen molar-refractivity contribution in [2.45, 2.75) is 6.54 Å². The minimum absolute atomic E-state index is 0.0235. The van der Waals surface area contributed by atoms with Crippen molar-refractivity contribution in [3.63, 3.8) is 0 Å². The number of benzene rings is 1. The summed E-state index contributed by atoms with van der Waals surface area (Å²) in [5, 5.41) is 12.2. The van der Waals surface area contributed by atoms with Crippen molar-refractivity contribution in [3.8, 4) is 17.2 Å². The third-order valence-electron chi connectivity index (χ3n) is 2.09. The summed E-state index contributed by atoms with van der Waals surface area (Å²) >= 11 is 0. The number of phenolic OH excluding ortho intramolecular Hbond substituents is 1. The first-order valence-corrected chi connectivity index (χ1v) is 4.55. The highest BCUT2D eigenvalue weighted by Gasteiger charge is 2.17. The van der Waals surface area contributed by atoms with Crippen molar-refractivity contribution in [1.82, 2.24) is 11.0 Å². The van der Waals surface area contributed by atoms with Gasteiger partial charge < -0.3 is 20.1 Å². The van der Waals surface area contributed by atoms with Crippen LogP contribution in [0.1, 0.15) is 5.56 Å². The van der Waals surface area contributed by atoms with Gasteiger partial charge in [0.2, 0.25) is 5.91 Å². The highest BCUT2D eigenvalue weighted by molar-refractivity contribution is 5.86. The summed E-state index contributed by atoms with van der Waals surface area (Å²) in [4.78, 5) is 20.7. The second kappa shape index (κ2) is 4.11. The molecule has 16 heavy (non-hydrogen) atoms. The standard InChI is InChI=1S/C10H10N2O4/c1-2-10(14)11-5-6-3-8-9(4-7(6)13)16-12-15-8/h2-4,12-13H,1,5H2,(H,11,14). The summed E-state index contributed by atoms with van der Waals surface area (Å²) < 4.78 is 0. The molecule has 0 saturated heterocycles. The number of amides is 1. The number of fused-ring (bicyclic) bond motifs is 1. The van der Waals surface area contributed by atoms with Crippen LogP contribution >= 0.6 is 0 Å². The van der Waals surface area contributed by atoms with E-state index in [1.807, 2.05) is 0 Å². The number of phenols is 1. The monoisotopic (exact) mass is 222 g/mol. The van der Waals surface area contributed by atoms with Crippen LogP contribution in [0.4, 0.5) is 0 Å². The molecule has 1 heterocycles. The number of rotatable bonds is 3. The third-order valence-corrected chi connectivity index (χ3v) is 2.09. The van der Waals surface area contributed by atoms with Gasteiger partial charge in [-0.2, -0.15) is 0 Å². The lowest BCUT2D eigenvalue weighted by molar-refractivity contribution is -0.116. The Morgan fingerprint density at radius 1 is 1.50 bits per heavy atom. The van der Waals surface area contributed by atoms with Crippen LogP contribution in [0, 0.1) is 0 Å². The number of hydrogen-bond donors (Lipinski definition) is 3. The maximum absolute atomic E-state index is 11.0. The van der Waals surface area contributed by atoms with Crippen LogP contribution in [0.15, 0.2) is 24.8 Å². The Balaban J connectivity index is 2.15. The van der Waals surface area contributed by atoms with Crippen LogP contribution < -0.4 is 20.6 Å². The zero-order valence-electron chi connectivity index (χ0n) is 8.32. The molecule has 0 spiro atoms. The van der Waals surface area contributed by atoms with Crippen molar-refractivity contribution in [2.24, 2.45) is 0 Å². The van der Waals surface area contributed by atoms with Gasteiger partial charge in [0.05, 0.1) is 0 Å². The van der Waals surface area contributed by atoms with Gasteiger partial charge in [-0.15, -0.1) is 0 Å². The first-order valence-electron chi connectivity index (χ1n) is 4.55. The van der Waals surface area contributed by atoms with Gasteiger partial charge in [-0.25, -0.2) is 0 Å². The molecule has 1 aliphatic heterocycles. The average molecular weight is 222 g/mol. The van der Waals surface area contributed by atoms with Crippen LogP contribution in [-0.4, -0.2) is 11.0 Å². The summed E-state index contributed by atoms with van der Waals surface area (Å²) in [6, 6.07) is 2.98. The number of carbonyl (C=O) groups excluding carboxylic acids is 1. The lowest BCUT2D eigenvalue weighted by atomic mass is 10.1. The van der Waals surface area contributed by atoms with Crippen molar-refractivity contribution in [3.05, 3.63) is 30.4 Å². The Morgan fingerprint density at radius 2 is 2.19 bits per heavy atom. The van der Waals surface area contributed by atoms with E-state index in [2.05, 4.69) is 17.5 Å². The van der Waals surface area contributed by atoms with Crippen molar-refractivity contribution < 1.29 is 19.6 Å². The molecule has 0 fully saturated rings. The summed E-state index contributed by atoms with van der Waals surface area (Å²) in [7, 11) is 0. The molecular formula is C10H10N2O4. The van der Waals surface area contributed by atoms with Crippen LogP contribution in [0.3, 0.4) is 0 Å². The summed E-state index contributed by atoms with van der Waals surface area (Å²) in [5.41, 5.74) is 2.73. The molecule has 0 atom stereocenters. The van der Waals surface area contributed by atoms with E-state index < -0.39 is 0 Å². The molecule has 0 unspecified atom stereocenters. The number of aromatic hydroxyl groups is 1. The fourth-order valence-corrected chi connectivity index (χ4v) is 1.26. The maximum atomic E-state index is 11.0. The predicted molar refractivity (Wildman–Crippen MR) is 54.5 cm³/mol. The van der Waals surface area contributed by atoms with E-state index in [4.69, 9.17) is 9.68 Å². The van der Waals surface area contributed by atoms with Gasteiger partial charge in [0.15, 0.2) is 11.5 Å². The molecule has 6 nitrogen and oxygen atoms in total. The highest BCUT2D eigenvalue weighted by atomic mass is 16.9. The fourth-order valence-electron chi connectivity index (χ4n) is 1.26. The minimum Gasteiger partial charge on any atom is -0.507 e. The van der Waals surface area contributed by atoms with Gasteiger partial charge in [0, 0.05) is 23.8 Å². The van der Waals surface area contributed by atoms with E-state index in [0.29, 0.717) is 17.1 Å². The Morgan fingerprint density at radius 3 is 2.88 bits per heavy atom. The average Bonchev–Trinajstić information content (AvgIpc) is 2.72. The molecule has 0 bridgehead atoms. The van der Waals surface area contributed by atoms with Crippen LogP contribution in [0.25, 0.3) is 0 Å². The molecule has 1 aliphatic rings. The van der Waals surface area contributed by atoms with Gasteiger partial charge in [-0.3, -0.25) is 4.79 Å². The summed E-state index contributed by atoms with van der Waals surface area (Å²) in [5.74, 6) is 0.572. The molecule has 6 heteroatoms. The highest BCUT2D eigenvalue weighted by Crippen LogP contribution is 2.36. The molecule has 2 rings (SSSR count). The van der Waals surface area contributed by atoms with E-state index in [-0.39, 0.29) is 18.2 Å². The fraction of sp³-hybridized carbons (Fsp3) is 0.100. The smallest absolute Gasteiger partial charge is 0.243 e. The normalized spacial score (nSPS) is 12.2. The van der Waals surface area contributed by atoms with Crippen LogP contribution in [-0.2, 0) is 11.3 Å². The zero-order chi connectivity index (χ0) is 11.5. The van der Waals surface area contributed by atoms with Crippen molar-refractivity contribution >= 4 is 5.91 Å². The third kappa shape index (κ3) is 1.91. The molecule has 0 aromatic heterocycles. The molecule has 0 radical (unpaired) electrons. The van der Waals surface area contributed by atoms with Gasteiger partial charge in [-0.1, -0.05) is 6.58 Å². The van der Waals surface area contributed by atoms with Crippen molar-refractivity contribution in [1.29, 1.82) is 0 Å². The molecular weight excluding hydrogens is 212 g/mol. The Hall–Kier alpha value is -2.21. The van der Waals surface area contributed by atoms with E-state index in [9.17, 15) is 9.90 Å². The number of carbonyl (C=O) groups is 1. The predicted octanol–water partition coefficient (Wildman–Crippen LogP) is 0.385. The van der Waals surface area contributed by atoms with Gasteiger partial charge in [0.25, 0.3) is 0 Å². The Kier molecular flexibility index (Phi) is 2.65. The quantitative estimate of drug-likeness (QED) is 0.644. The van der Waals surface area contributed by atoms with Crippen LogP contribution in [0.2, 0.25) is 0 Å². The topological polar surface area (TPSA) is 79.8 Å². The minimum atomic E-state index is -0.310. The molecule has 3 N–H and O–H groups in total. The van der Waals surface area contributed by atoms with E-state index >= 15 is 0 Å². The van der Waals surface area contributed by atoms with E-state index in [1.165, 1.54) is 6.07 Å². The van der Waals surface area contributed by atoms with Crippen LogP contribution in [0.5, 0.6) is 17.2 Å². The van der Waals surface area contributed by atoms with Gasteiger partial charge in [0.1, 0.15) is 5.75 Å². The van der Waals surface area contributed by atoms with Gasteiger partial charge in [-0.05, 0) is 12.1 Å². The first-order chi connectivity index (χ1) is 7.70. The van der Waals surface area contributed by atoms with Crippen molar-refractivity contribution in [2.75, 3.05) is 0 Å². The summed E-state index contributed by atoms with van der Waals surface area (Å²) in [6.45, 7) is 3.51. The first kappa shape index (κ1) is 10.3. The lowest BCUT2D eigenvalue weighted by Crippen LogP contribution is -2.19. The number of nitrogens with one attached hydrogen (secondary N) is 2. The van der Waals surface area contributed by atoms with E-state index in [1.54, 1.807) is 6.07 Å².